The minimum atomic E-state index is 0.121. The molecule has 0 saturated heterocycles. The maximum absolute atomic E-state index is 10.8. The average molecular weight is 372 g/mol. The summed E-state index contributed by atoms with van der Waals surface area (Å²) in [6, 6.07) is 27.5. The molecule has 134 valence electrons. The molecule has 0 radical (unpaired) electrons. The lowest BCUT2D eigenvalue weighted by Gasteiger charge is -2.15. The molecule has 3 aromatic carbocycles. The highest BCUT2D eigenvalue weighted by Crippen LogP contribution is 2.23. The zero-order valence-corrected chi connectivity index (χ0v) is 15.9. The van der Waals surface area contributed by atoms with Crippen LogP contribution in [0.25, 0.3) is 11.6 Å². The molecule has 0 aromatic heterocycles. The third kappa shape index (κ3) is 4.93. The molecule has 27 heavy (non-hydrogen) atoms. The van der Waals surface area contributed by atoms with Crippen LogP contribution in [0.15, 0.2) is 96.8 Å². The summed E-state index contributed by atoms with van der Waals surface area (Å²) in [4.78, 5) is 0.478. The highest BCUT2D eigenvalue weighted by Gasteiger charge is 2.13. The van der Waals surface area contributed by atoms with Crippen LogP contribution in [-0.4, -0.2) is 10.1 Å². The van der Waals surface area contributed by atoms with Gasteiger partial charge in [0.2, 0.25) is 0 Å². The number of nitrogens with one attached hydrogen (secondary N) is 1. The Hall–Kier alpha value is -3.17. The Morgan fingerprint density at radius 3 is 2.11 bits per heavy atom. The van der Waals surface area contributed by atoms with Crippen LogP contribution in [0.4, 0.5) is 5.69 Å². The molecule has 0 spiro atoms. The maximum Gasteiger partial charge on any atom is 0.126 e. The van der Waals surface area contributed by atoms with Crippen molar-refractivity contribution in [1.29, 1.82) is 0 Å². The van der Waals surface area contributed by atoms with Crippen molar-refractivity contribution in [2.75, 3.05) is 5.32 Å². The molecule has 3 aromatic rings. The first kappa shape index (κ1) is 18.6. The van der Waals surface area contributed by atoms with Gasteiger partial charge in [0.1, 0.15) is 10.7 Å². The summed E-state index contributed by atoms with van der Waals surface area (Å²) in [5.74, 6) is 0.121. The standard InChI is InChI=1S/C24H21NOS/c1-18-10-8-9-15-21(18)25-24(27)23(20-13-6-3-7-14-20)22(26)17-16-19-11-4-2-5-12-19/h2-17,26H,1H3,(H,25,27)/b17-16+,23-22+. The summed E-state index contributed by atoms with van der Waals surface area (Å²) in [6.07, 6.45) is 3.55. The van der Waals surface area contributed by atoms with Crippen molar-refractivity contribution in [3.8, 4) is 0 Å². The lowest BCUT2D eigenvalue weighted by molar-refractivity contribution is 0.437. The van der Waals surface area contributed by atoms with Gasteiger partial charge in [-0.25, -0.2) is 0 Å². The number of aryl methyl sites for hydroxylation is 1. The van der Waals surface area contributed by atoms with Crippen LogP contribution in [0, 0.1) is 6.92 Å². The zero-order chi connectivity index (χ0) is 19.1. The second-order valence-electron chi connectivity index (χ2n) is 6.14. The van der Waals surface area contributed by atoms with E-state index in [0.717, 1.165) is 22.4 Å². The molecule has 0 aliphatic carbocycles. The summed E-state index contributed by atoms with van der Waals surface area (Å²) < 4.78 is 0. The van der Waals surface area contributed by atoms with Gasteiger partial charge in [0, 0.05) is 5.69 Å². The third-order valence-electron chi connectivity index (χ3n) is 4.17. The van der Waals surface area contributed by atoms with Crippen LogP contribution >= 0.6 is 12.2 Å². The molecule has 2 nitrogen and oxygen atoms in total. The second kappa shape index (κ2) is 8.97. The van der Waals surface area contributed by atoms with Crippen molar-refractivity contribution in [2.45, 2.75) is 6.92 Å². The fourth-order valence-corrected chi connectivity index (χ4v) is 3.05. The quantitative estimate of drug-likeness (QED) is 0.235. The molecule has 0 heterocycles. The Morgan fingerprint density at radius 2 is 1.44 bits per heavy atom. The predicted molar refractivity (Wildman–Crippen MR) is 119 cm³/mol. The van der Waals surface area contributed by atoms with Gasteiger partial charge in [-0.1, -0.05) is 97.2 Å². The number of hydrogen-bond acceptors (Lipinski definition) is 2. The molecule has 3 rings (SSSR count). The monoisotopic (exact) mass is 371 g/mol. The molecule has 0 atom stereocenters. The molecule has 2 N–H and O–H groups in total. The van der Waals surface area contributed by atoms with Gasteiger partial charge in [0.05, 0.1) is 5.57 Å². The molecule has 0 aliphatic rings. The van der Waals surface area contributed by atoms with Gasteiger partial charge in [-0.05, 0) is 35.8 Å². The van der Waals surface area contributed by atoms with Crippen LogP contribution in [0.5, 0.6) is 0 Å². The van der Waals surface area contributed by atoms with E-state index in [1.54, 1.807) is 6.08 Å². The Labute approximate surface area is 165 Å². The van der Waals surface area contributed by atoms with E-state index in [-0.39, 0.29) is 5.76 Å². The van der Waals surface area contributed by atoms with Gasteiger partial charge < -0.3 is 10.4 Å². The highest BCUT2D eigenvalue weighted by atomic mass is 32.1. The van der Waals surface area contributed by atoms with Crippen molar-refractivity contribution in [3.05, 3.63) is 113 Å². The summed E-state index contributed by atoms with van der Waals surface area (Å²) in [7, 11) is 0. The largest absolute Gasteiger partial charge is 0.507 e. The van der Waals surface area contributed by atoms with Crippen molar-refractivity contribution in [2.24, 2.45) is 0 Å². The number of hydrogen-bond donors (Lipinski definition) is 2. The lowest BCUT2D eigenvalue weighted by atomic mass is 10.0. The summed E-state index contributed by atoms with van der Waals surface area (Å²) in [6.45, 7) is 2.02. The Kier molecular flexibility index (Phi) is 6.18. The van der Waals surface area contributed by atoms with E-state index in [0.29, 0.717) is 10.6 Å². The smallest absolute Gasteiger partial charge is 0.126 e. The van der Waals surface area contributed by atoms with Gasteiger partial charge in [-0.3, -0.25) is 0 Å². The van der Waals surface area contributed by atoms with E-state index in [9.17, 15) is 5.11 Å². The van der Waals surface area contributed by atoms with Crippen molar-refractivity contribution < 1.29 is 5.11 Å². The fraction of sp³-hybridized carbons (Fsp3) is 0.0417. The topological polar surface area (TPSA) is 32.3 Å². The van der Waals surface area contributed by atoms with Gasteiger partial charge in [-0.2, -0.15) is 0 Å². The van der Waals surface area contributed by atoms with Gasteiger partial charge in [0.25, 0.3) is 0 Å². The number of anilines is 1. The van der Waals surface area contributed by atoms with Crippen LogP contribution in [0.2, 0.25) is 0 Å². The molecule has 0 aliphatic heterocycles. The van der Waals surface area contributed by atoms with E-state index >= 15 is 0 Å². The predicted octanol–water partition coefficient (Wildman–Crippen LogP) is 6.42. The van der Waals surface area contributed by atoms with Crippen LogP contribution in [0.1, 0.15) is 16.7 Å². The van der Waals surface area contributed by atoms with Crippen LogP contribution in [-0.2, 0) is 0 Å². The lowest BCUT2D eigenvalue weighted by Crippen LogP contribution is -2.14. The molecule has 3 heteroatoms. The Morgan fingerprint density at radius 1 is 0.852 bits per heavy atom. The average Bonchev–Trinajstić information content (AvgIpc) is 2.70. The van der Waals surface area contributed by atoms with Crippen molar-refractivity contribution in [3.63, 3.8) is 0 Å². The zero-order valence-electron chi connectivity index (χ0n) is 15.1. The maximum atomic E-state index is 10.8. The number of para-hydroxylation sites is 1. The molecular formula is C24H21NOS. The number of thiocarbonyl (C=S) groups is 1. The fourth-order valence-electron chi connectivity index (χ4n) is 2.72. The van der Waals surface area contributed by atoms with E-state index in [1.165, 1.54) is 0 Å². The first-order valence-electron chi connectivity index (χ1n) is 8.74. The number of allylic oxidation sites excluding steroid dienone is 1. The molecule has 0 fully saturated rings. The van der Waals surface area contributed by atoms with Gasteiger partial charge in [-0.15, -0.1) is 0 Å². The van der Waals surface area contributed by atoms with E-state index in [4.69, 9.17) is 12.2 Å². The van der Waals surface area contributed by atoms with E-state index < -0.39 is 0 Å². The van der Waals surface area contributed by atoms with E-state index in [2.05, 4.69) is 5.32 Å². The molecule has 0 bridgehead atoms. The first-order valence-corrected chi connectivity index (χ1v) is 9.15. The summed E-state index contributed by atoms with van der Waals surface area (Å²) >= 11 is 5.64. The minimum absolute atomic E-state index is 0.121. The molecule has 0 saturated carbocycles. The molecule has 0 amide bonds. The number of benzene rings is 3. The van der Waals surface area contributed by atoms with Crippen LogP contribution < -0.4 is 5.32 Å². The highest BCUT2D eigenvalue weighted by molar-refractivity contribution is 7.81. The Bertz CT molecular complexity index is 976. The minimum Gasteiger partial charge on any atom is -0.507 e. The van der Waals surface area contributed by atoms with Gasteiger partial charge >= 0.3 is 0 Å². The van der Waals surface area contributed by atoms with Crippen LogP contribution in [0.3, 0.4) is 0 Å². The second-order valence-corrected chi connectivity index (χ2v) is 6.55. The van der Waals surface area contributed by atoms with E-state index in [1.807, 2.05) is 97.9 Å². The summed E-state index contributed by atoms with van der Waals surface area (Å²) in [5, 5.41) is 14.1. The molecular weight excluding hydrogens is 350 g/mol. The van der Waals surface area contributed by atoms with Crippen molar-refractivity contribution >= 4 is 34.5 Å². The summed E-state index contributed by atoms with van der Waals surface area (Å²) in [5.41, 5.74) is 4.48. The van der Waals surface area contributed by atoms with Crippen molar-refractivity contribution in [1.82, 2.24) is 0 Å². The normalized spacial score (nSPS) is 11.9. The van der Waals surface area contributed by atoms with Gasteiger partial charge in [0.15, 0.2) is 0 Å². The third-order valence-corrected chi connectivity index (χ3v) is 4.48. The first-order chi connectivity index (χ1) is 13.1. The number of aliphatic hydroxyl groups is 1. The Balaban J connectivity index is 1.97. The number of aliphatic hydroxyl groups excluding tert-OH is 1. The number of rotatable bonds is 5. The SMILES string of the molecule is Cc1ccccc1NC(=S)/C(=C(O)\C=C\c1ccccc1)c1ccccc1. The molecule has 0 unspecified atom stereocenters.